The lowest BCUT2D eigenvalue weighted by Crippen LogP contribution is -2.16. The van der Waals surface area contributed by atoms with Crippen LogP contribution in [0.5, 0.6) is 0 Å². The lowest BCUT2D eigenvalue weighted by molar-refractivity contribution is 0.0602. The molecule has 0 unspecified atom stereocenters. The van der Waals surface area contributed by atoms with Gasteiger partial charge in [0, 0.05) is 25.3 Å². The van der Waals surface area contributed by atoms with E-state index in [0.29, 0.717) is 16.8 Å². The number of nitrogens with one attached hydrogen (secondary N) is 1. The number of hydrogen-bond donors (Lipinski definition) is 1. The van der Waals surface area contributed by atoms with Gasteiger partial charge in [-0.25, -0.2) is 4.79 Å². The molecule has 2 aromatic rings. The zero-order chi connectivity index (χ0) is 16.1. The van der Waals surface area contributed by atoms with Crippen LogP contribution in [0.25, 0.3) is 0 Å². The zero-order valence-electron chi connectivity index (χ0n) is 12.8. The fraction of sp³-hybridized carbons (Fsp3) is 0.176. The number of rotatable bonds is 4. The zero-order valence-corrected chi connectivity index (χ0v) is 12.8. The van der Waals surface area contributed by atoms with Gasteiger partial charge in [-0.2, -0.15) is 0 Å². The van der Waals surface area contributed by atoms with Crippen LogP contribution >= 0.6 is 0 Å². The highest BCUT2D eigenvalue weighted by molar-refractivity contribution is 6.08. The smallest absolute Gasteiger partial charge is 0.339 e. The number of amides is 1. The molecule has 0 bridgehead atoms. The van der Waals surface area contributed by atoms with Gasteiger partial charge in [-0.1, -0.05) is 18.2 Å². The van der Waals surface area contributed by atoms with E-state index in [1.165, 1.54) is 7.11 Å². The van der Waals surface area contributed by atoms with Gasteiger partial charge in [0.05, 0.1) is 18.4 Å². The Labute approximate surface area is 129 Å². The predicted octanol–water partition coefficient (Wildman–Crippen LogP) is 2.79. The number of esters is 1. The summed E-state index contributed by atoms with van der Waals surface area (Å²) in [5.41, 5.74) is 2.19. The molecule has 1 N–H and O–H groups in total. The highest BCUT2D eigenvalue weighted by Crippen LogP contribution is 2.19. The van der Waals surface area contributed by atoms with E-state index in [-0.39, 0.29) is 5.91 Å². The molecule has 0 fully saturated rings. The van der Waals surface area contributed by atoms with Gasteiger partial charge < -0.3 is 15.0 Å². The SMILES string of the molecule is COC(=O)c1ccccc1NC(=O)c1cccc(N(C)C)c1. The molecule has 0 radical (unpaired) electrons. The lowest BCUT2D eigenvalue weighted by atomic mass is 10.1. The van der Waals surface area contributed by atoms with Gasteiger partial charge in [0.15, 0.2) is 0 Å². The molecular formula is C17H18N2O3. The number of methoxy groups -OCH3 is 1. The summed E-state index contributed by atoms with van der Waals surface area (Å²) < 4.78 is 4.72. The molecule has 2 rings (SSSR count). The van der Waals surface area contributed by atoms with E-state index < -0.39 is 5.97 Å². The van der Waals surface area contributed by atoms with Crippen LogP contribution in [0.15, 0.2) is 48.5 Å². The molecule has 2 aromatic carbocycles. The maximum absolute atomic E-state index is 12.4. The Kier molecular flexibility index (Phi) is 4.78. The normalized spacial score (nSPS) is 9.95. The van der Waals surface area contributed by atoms with Crippen molar-refractivity contribution in [3.63, 3.8) is 0 Å². The first-order chi connectivity index (χ1) is 10.5. The Hall–Kier alpha value is -2.82. The van der Waals surface area contributed by atoms with Crippen LogP contribution in [0.3, 0.4) is 0 Å². The summed E-state index contributed by atoms with van der Waals surface area (Å²) >= 11 is 0. The number of anilines is 2. The monoisotopic (exact) mass is 298 g/mol. The van der Waals surface area contributed by atoms with Crippen molar-refractivity contribution in [2.45, 2.75) is 0 Å². The Morgan fingerprint density at radius 3 is 2.45 bits per heavy atom. The van der Waals surface area contributed by atoms with Crippen molar-refractivity contribution in [2.24, 2.45) is 0 Å². The Morgan fingerprint density at radius 1 is 1.05 bits per heavy atom. The maximum atomic E-state index is 12.4. The van der Waals surface area contributed by atoms with Gasteiger partial charge in [0.2, 0.25) is 0 Å². The molecule has 0 heterocycles. The minimum atomic E-state index is -0.488. The number of para-hydroxylation sites is 1. The summed E-state index contributed by atoms with van der Waals surface area (Å²) in [4.78, 5) is 26.0. The molecule has 114 valence electrons. The molecule has 0 saturated heterocycles. The molecule has 0 spiro atoms. The van der Waals surface area contributed by atoms with E-state index in [9.17, 15) is 9.59 Å². The van der Waals surface area contributed by atoms with Gasteiger partial charge in [-0.3, -0.25) is 4.79 Å². The minimum Gasteiger partial charge on any atom is -0.465 e. The highest BCUT2D eigenvalue weighted by atomic mass is 16.5. The molecule has 5 heteroatoms. The Bertz CT molecular complexity index is 696. The lowest BCUT2D eigenvalue weighted by Gasteiger charge is -2.14. The van der Waals surface area contributed by atoms with E-state index in [2.05, 4.69) is 5.32 Å². The first-order valence-electron chi connectivity index (χ1n) is 6.79. The number of carbonyl (C=O) groups excluding carboxylic acids is 2. The van der Waals surface area contributed by atoms with Crippen LogP contribution in [0.1, 0.15) is 20.7 Å². The van der Waals surface area contributed by atoms with E-state index in [0.717, 1.165) is 5.69 Å². The van der Waals surface area contributed by atoms with Crippen LogP contribution in [0.2, 0.25) is 0 Å². The van der Waals surface area contributed by atoms with Crippen molar-refractivity contribution < 1.29 is 14.3 Å². The number of ether oxygens (including phenoxy) is 1. The summed E-state index contributed by atoms with van der Waals surface area (Å²) in [6.07, 6.45) is 0. The molecule has 0 atom stereocenters. The second-order valence-corrected chi connectivity index (χ2v) is 4.94. The van der Waals surface area contributed by atoms with Crippen LogP contribution in [-0.2, 0) is 4.74 Å². The molecule has 0 aliphatic rings. The maximum Gasteiger partial charge on any atom is 0.339 e. The second kappa shape index (κ2) is 6.76. The molecule has 0 aromatic heterocycles. The molecule has 1 amide bonds. The van der Waals surface area contributed by atoms with Crippen molar-refractivity contribution in [1.29, 1.82) is 0 Å². The molecule has 0 aliphatic heterocycles. The van der Waals surface area contributed by atoms with E-state index in [1.54, 1.807) is 36.4 Å². The molecule has 0 aliphatic carbocycles. The van der Waals surface area contributed by atoms with Crippen LogP contribution in [0, 0.1) is 0 Å². The van der Waals surface area contributed by atoms with Gasteiger partial charge >= 0.3 is 5.97 Å². The fourth-order valence-corrected chi connectivity index (χ4v) is 2.00. The van der Waals surface area contributed by atoms with Crippen LogP contribution in [-0.4, -0.2) is 33.1 Å². The van der Waals surface area contributed by atoms with Crippen molar-refractivity contribution in [2.75, 3.05) is 31.4 Å². The number of benzene rings is 2. The van der Waals surface area contributed by atoms with E-state index >= 15 is 0 Å². The molecular weight excluding hydrogens is 280 g/mol. The summed E-state index contributed by atoms with van der Waals surface area (Å²) in [6.45, 7) is 0. The van der Waals surface area contributed by atoms with Gasteiger partial charge in [-0.15, -0.1) is 0 Å². The number of hydrogen-bond acceptors (Lipinski definition) is 4. The summed E-state index contributed by atoms with van der Waals surface area (Å²) in [7, 11) is 5.12. The third kappa shape index (κ3) is 3.44. The van der Waals surface area contributed by atoms with Crippen molar-refractivity contribution in [3.05, 3.63) is 59.7 Å². The van der Waals surface area contributed by atoms with Crippen LogP contribution in [0.4, 0.5) is 11.4 Å². The first kappa shape index (κ1) is 15.6. The summed E-state index contributed by atoms with van der Waals surface area (Å²) in [5.74, 6) is -0.766. The fourth-order valence-electron chi connectivity index (χ4n) is 2.00. The van der Waals surface area contributed by atoms with Crippen molar-refractivity contribution in [3.8, 4) is 0 Å². The minimum absolute atomic E-state index is 0.278. The average Bonchev–Trinajstić information content (AvgIpc) is 2.54. The topological polar surface area (TPSA) is 58.6 Å². The standard InChI is InChI=1S/C17H18N2O3/c1-19(2)13-8-6-7-12(11-13)16(20)18-15-10-5-4-9-14(15)17(21)22-3/h4-11H,1-3H3,(H,18,20). The second-order valence-electron chi connectivity index (χ2n) is 4.94. The van der Waals surface area contributed by atoms with E-state index in [1.807, 2.05) is 31.1 Å². The van der Waals surface area contributed by atoms with Crippen molar-refractivity contribution >= 4 is 23.3 Å². The number of nitrogens with zero attached hydrogens (tertiary/aromatic N) is 1. The molecule has 5 nitrogen and oxygen atoms in total. The van der Waals surface area contributed by atoms with Crippen LogP contribution < -0.4 is 10.2 Å². The Balaban J connectivity index is 2.26. The van der Waals surface area contributed by atoms with Gasteiger partial charge in [0.1, 0.15) is 0 Å². The number of carbonyl (C=O) groups is 2. The van der Waals surface area contributed by atoms with Gasteiger partial charge in [0.25, 0.3) is 5.91 Å². The molecule has 0 saturated carbocycles. The highest BCUT2D eigenvalue weighted by Gasteiger charge is 2.14. The molecule has 22 heavy (non-hydrogen) atoms. The largest absolute Gasteiger partial charge is 0.465 e. The van der Waals surface area contributed by atoms with E-state index in [4.69, 9.17) is 4.74 Å². The third-order valence-corrected chi connectivity index (χ3v) is 3.21. The Morgan fingerprint density at radius 2 is 1.77 bits per heavy atom. The average molecular weight is 298 g/mol. The summed E-state index contributed by atoms with van der Waals surface area (Å²) in [5, 5.41) is 2.75. The summed E-state index contributed by atoms with van der Waals surface area (Å²) in [6, 6.07) is 14.0. The quantitative estimate of drug-likeness (QED) is 0.882. The van der Waals surface area contributed by atoms with Gasteiger partial charge in [-0.05, 0) is 30.3 Å². The first-order valence-corrected chi connectivity index (χ1v) is 6.79. The third-order valence-electron chi connectivity index (χ3n) is 3.21. The predicted molar refractivity (Wildman–Crippen MR) is 86.5 cm³/mol. The van der Waals surface area contributed by atoms with Crippen molar-refractivity contribution in [1.82, 2.24) is 0 Å².